The Morgan fingerprint density at radius 1 is 1.45 bits per heavy atom. The van der Waals surface area contributed by atoms with Gasteiger partial charge in [-0.3, -0.25) is 0 Å². The van der Waals surface area contributed by atoms with Crippen molar-refractivity contribution in [2.45, 2.75) is 18.2 Å². The van der Waals surface area contributed by atoms with Crippen LogP contribution in [0, 0.1) is 12.8 Å². The Morgan fingerprint density at radius 3 is 2.68 bits per heavy atom. The van der Waals surface area contributed by atoms with Crippen molar-refractivity contribution in [1.29, 1.82) is 0 Å². The molecule has 1 aliphatic heterocycles. The monoisotopic (exact) mass is 348 g/mol. The molecule has 0 amide bonds. The first-order valence-electron chi connectivity index (χ1n) is 6.79. The van der Waals surface area contributed by atoms with Gasteiger partial charge in [-0.2, -0.15) is 4.31 Å². The summed E-state index contributed by atoms with van der Waals surface area (Å²) in [4.78, 5) is 11.7. The Morgan fingerprint density at radius 2 is 2.14 bits per heavy atom. The zero-order chi connectivity index (χ0) is 15.6. The van der Waals surface area contributed by atoms with E-state index < -0.39 is 16.0 Å². The minimum Gasteiger partial charge on any atom is -0.465 e. The standard InChI is InChI=1S/C14H20N2O4S.ClH/c1-10-3-4-12(14(17)20-2)7-13(10)21(18,19)16-6-5-11(8-15)9-16;/h3-4,7,11H,5-6,8-9,15H2,1-2H3;1H. The number of hydrogen-bond acceptors (Lipinski definition) is 5. The molecule has 0 radical (unpaired) electrons. The molecule has 1 aromatic rings. The van der Waals surface area contributed by atoms with E-state index in [1.54, 1.807) is 19.1 Å². The van der Waals surface area contributed by atoms with E-state index in [0.717, 1.165) is 6.42 Å². The second kappa shape index (κ2) is 7.41. The van der Waals surface area contributed by atoms with E-state index in [4.69, 9.17) is 5.73 Å². The van der Waals surface area contributed by atoms with E-state index >= 15 is 0 Å². The Bertz CT molecular complexity index is 648. The van der Waals surface area contributed by atoms with Crippen molar-refractivity contribution in [3.8, 4) is 0 Å². The van der Waals surface area contributed by atoms with E-state index in [0.29, 0.717) is 25.2 Å². The molecule has 22 heavy (non-hydrogen) atoms. The van der Waals surface area contributed by atoms with Crippen molar-refractivity contribution < 1.29 is 17.9 Å². The number of benzene rings is 1. The smallest absolute Gasteiger partial charge is 0.337 e. The molecule has 6 nitrogen and oxygen atoms in total. The number of nitrogens with two attached hydrogens (primary N) is 1. The highest BCUT2D eigenvalue weighted by Crippen LogP contribution is 2.26. The third-order valence-electron chi connectivity index (χ3n) is 3.81. The molecule has 0 saturated carbocycles. The molecule has 1 unspecified atom stereocenters. The Balaban J connectivity index is 0.00000242. The van der Waals surface area contributed by atoms with Gasteiger partial charge in [0.15, 0.2) is 0 Å². The second-order valence-electron chi connectivity index (χ2n) is 5.23. The number of nitrogens with zero attached hydrogens (tertiary/aromatic N) is 1. The fourth-order valence-corrected chi connectivity index (χ4v) is 4.25. The van der Waals surface area contributed by atoms with Gasteiger partial charge in [0.25, 0.3) is 0 Å². The van der Waals surface area contributed by atoms with E-state index in [2.05, 4.69) is 4.74 Å². The maximum atomic E-state index is 12.7. The lowest BCUT2D eigenvalue weighted by Crippen LogP contribution is -2.30. The van der Waals surface area contributed by atoms with E-state index in [-0.39, 0.29) is 28.8 Å². The molecule has 1 atom stereocenters. The van der Waals surface area contributed by atoms with Crippen LogP contribution in [0.3, 0.4) is 0 Å². The third-order valence-corrected chi connectivity index (χ3v) is 5.82. The summed E-state index contributed by atoms with van der Waals surface area (Å²) in [5, 5.41) is 0. The van der Waals surface area contributed by atoms with E-state index in [9.17, 15) is 13.2 Å². The zero-order valence-corrected chi connectivity index (χ0v) is 14.2. The molecular weight excluding hydrogens is 328 g/mol. The summed E-state index contributed by atoms with van der Waals surface area (Å²) in [6.07, 6.45) is 0.769. The molecule has 124 valence electrons. The van der Waals surface area contributed by atoms with Crippen LogP contribution in [0.4, 0.5) is 0 Å². The number of ether oxygens (including phenoxy) is 1. The van der Waals surface area contributed by atoms with Gasteiger partial charge in [0.2, 0.25) is 10.0 Å². The number of esters is 1. The summed E-state index contributed by atoms with van der Waals surface area (Å²) in [5.74, 6) is -0.350. The van der Waals surface area contributed by atoms with Crippen LogP contribution in [0.15, 0.2) is 23.1 Å². The molecule has 8 heteroatoms. The third kappa shape index (κ3) is 3.60. The van der Waals surface area contributed by atoms with Crippen LogP contribution in [-0.4, -0.2) is 45.4 Å². The lowest BCUT2D eigenvalue weighted by atomic mass is 10.1. The van der Waals surface area contributed by atoms with Crippen molar-refractivity contribution in [3.05, 3.63) is 29.3 Å². The van der Waals surface area contributed by atoms with Gasteiger partial charge in [-0.15, -0.1) is 12.4 Å². The first-order chi connectivity index (χ1) is 9.90. The van der Waals surface area contributed by atoms with Gasteiger partial charge >= 0.3 is 5.97 Å². The van der Waals surface area contributed by atoms with Gasteiger partial charge in [-0.05, 0) is 43.5 Å². The first-order valence-corrected chi connectivity index (χ1v) is 8.23. The largest absolute Gasteiger partial charge is 0.465 e. The predicted molar refractivity (Wildman–Crippen MR) is 85.7 cm³/mol. The number of carbonyl (C=O) groups is 1. The number of methoxy groups -OCH3 is 1. The number of sulfonamides is 1. The fourth-order valence-electron chi connectivity index (χ4n) is 2.47. The molecule has 1 aromatic carbocycles. The van der Waals surface area contributed by atoms with Crippen LogP contribution >= 0.6 is 12.4 Å². The maximum Gasteiger partial charge on any atom is 0.337 e. The van der Waals surface area contributed by atoms with Crippen molar-refractivity contribution >= 4 is 28.4 Å². The molecule has 1 fully saturated rings. The molecule has 0 aromatic heterocycles. The maximum absolute atomic E-state index is 12.7. The number of rotatable bonds is 4. The summed E-state index contributed by atoms with van der Waals surface area (Å²) in [5.41, 5.74) is 6.45. The van der Waals surface area contributed by atoms with Gasteiger partial charge in [0.05, 0.1) is 17.6 Å². The average molecular weight is 349 g/mol. The molecular formula is C14H21ClN2O4S. The SMILES string of the molecule is COC(=O)c1ccc(C)c(S(=O)(=O)N2CCC(CN)C2)c1.Cl. The molecule has 1 heterocycles. The number of aryl methyl sites for hydroxylation is 1. The molecule has 2 N–H and O–H groups in total. The molecule has 2 rings (SSSR count). The lowest BCUT2D eigenvalue weighted by molar-refractivity contribution is 0.0600. The molecule has 0 aliphatic carbocycles. The van der Waals surface area contributed by atoms with Crippen molar-refractivity contribution in [2.24, 2.45) is 11.7 Å². The predicted octanol–water partition coefficient (Wildman–Crippen LogP) is 1.17. The summed E-state index contributed by atoms with van der Waals surface area (Å²) in [6.45, 7) is 3.09. The minimum absolute atomic E-state index is 0. The van der Waals surface area contributed by atoms with Crippen molar-refractivity contribution in [2.75, 3.05) is 26.7 Å². The zero-order valence-electron chi connectivity index (χ0n) is 12.6. The van der Waals surface area contributed by atoms with Crippen LogP contribution in [0.5, 0.6) is 0 Å². The number of carbonyl (C=O) groups excluding carboxylic acids is 1. The van der Waals surface area contributed by atoms with E-state index in [1.807, 2.05) is 0 Å². The Kier molecular flexibility index (Phi) is 6.37. The summed E-state index contributed by atoms with van der Waals surface area (Å²) in [6, 6.07) is 4.56. The Hall–Kier alpha value is -1.15. The van der Waals surface area contributed by atoms with E-state index in [1.165, 1.54) is 17.5 Å². The summed E-state index contributed by atoms with van der Waals surface area (Å²) >= 11 is 0. The topological polar surface area (TPSA) is 89.7 Å². The highest BCUT2D eigenvalue weighted by Gasteiger charge is 2.33. The Labute approximate surface area is 137 Å². The molecule has 0 spiro atoms. The number of hydrogen-bond donors (Lipinski definition) is 1. The summed E-state index contributed by atoms with van der Waals surface area (Å²) < 4.78 is 31.5. The van der Waals surface area contributed by atoms with Crippen LogP contribution < -0.4 is 5.73 Å². The normalized spacial score (nSPS) is 18.8. The van der Waals surface area contributed by atoms with Crippen LogP contribution in [0.25, 0.3) is 0 Å². The first kappa shape index (κ1) is 18.9. The van der Waals surface area contributed by atoms with Crippen LogP contribution in [0.2, 0.25) is 0 Å². The highest BCUT2D eigenvalue weighted by molar-refractivity contribution is 7.89. The van der Waals surface area contributed by atoms with Crippen LogP contribution in [-0.2, 0) is 14.8 Å². The fraction of sp³-hybridized carbons (Fsp3) is 0.500. The summed E-state index contributed by atoms with van der Waals surface area (Å²) in [7, 11) is -2.34. The highest BCUT2D eigenvalue weighted by atomic mass is 35.5. The van der Waals surface area contributed by atoms with Crippen molar-refractivity contribution in [3.63, 3.8) is 0 Å². The van der Waals surface area contributed by atoms with Gasteiger partial charge in [0, 0.05) is 13.1 Å². The van der Waals surface area contributed by atoms with Gasteiger partial charge in [0.1, 0.15) is 0 Å². The second-order valence-corrected chi connectivity index (χ2v) is 7.13. The molecule has 0 bridgehead atoms. The van der Waals surface area contributed by atoms with Gasteiger partial charge in [-0.25, -0.2) is 13.2 Å². The van der Waals surface area contributed by atoms with Crippen molar-refractivity contribution in [1.82, 2.24) is 4.31 Å². The lowest BCUT2D eigenvalue weighted by Gasteiger charge is -2.18. The molecule has 1 aliphatic rings. The number of halogens is 1. The van der Waals surface area contributed by atoms with Gasteiger partial charge < -0.3 is 10.5 Å². The quantitative estimate of drug-likeness (QED) is 0.825. The molecule has 1 saturated heterocycles. The minimum atomic E-state index is -3.61. The van der Waals surface area contributed by atoms with Crippen LogP contribution in [0.1, 0.15) is 22.3 Å². The van der Waals surface area contributed by atoms with Gasteiger partial charge in [-0.1, -0.05) is 6.07 Å². The average Bonchev–Trinajstić information content (AvgIpc) is 2.96.